The molecule has 1 N–H and O–H groups in total. The van der Waals surface area contributed by atoms with E-state index in [1.807, 2.05) is 0 Å². The predicted octanol–water partition coefficient (Wildman–Crippen LogP) is 3.93. The number of alkyl halides is 3. The normalized spacial score (nSPS) is 12.0. The number of anilines is 1. The number of hydrogen-bond donors (Lipinski definition) is 1. The third-order valence-corrected chi connectivity index (χ3v) is 3.71. The second-order valence-electron chi connectivity index (χ2n) is 5.75. The Balaban J connectivity index is 1.94. The number of nitrogens with one attached hydrogen (secondary N) is 1. The van der Waals surface area contributed by atoms with Gasteiger partial charge in [-0.05, 0) is 37.3 Å². The van der Waals surface area contributed by atoms with E-state index in [1.54, 1.807) is 6.92 Å². The van der Waals surface area contributed by atoms with Crippen molar-refractivity contribution in [1.82, 2.24) is 19.7 Å². The molecule has 28 heavy (non-hydrogen) atoms. The number of nitrogens with zero attached hydrogens (tertiary/aromatic N) is 5. The monoisotopic (exact) mass is 396 g/mol. The molecule has 0 aliphatic heterocycles. The van der Waals surface area contributed by atoms with E-state index in [4.69, 9.17) is 0 Å². The molecule has 0 aliphatic rings. The Hall–Kier alpha value is -3.37. The van der Waals surface area contributed by atoms with Crippen LogP contribution >= 0.6 is 0 Å². The van der Waals surface area contributed by atoms with Gasteiger partial charge < -0.3 is 0 Å². The van der Waals surface area contributed by atoms with Gasteiger partial charge in [-0.3, -0.25) is 0 Å². The van der Waals surface area contributed by atoms with E-state index in [2.05, 4.69) is 25.6 Å². The number of hydrazone groups is 1. The Morgan fingerprint density at radius 3 is 2.36 bits per heavy atom. The van der Waals surface area contributed by atoms with E-state index in [-0.39, 0.29) is 16.8 Å². The quantitative estimate of drug-likeness (QED) is 0.412. The van der Waals surface area contributed by atoms with Gasteiger partial charge in [0.1, 0.15) is 5.82 Å². The first-order chi connectivity index (χ1) is 13.1. The second kappa shape index (κ2) is 7.33. The van der Waals surface area contributed by atoms with Gasteiger partial charge in [0.25, 0.3) is 0 Å². The van der Waals surface area contributed by atoms with Crippen molar-refractivity contribution in [3.63, 3.8) is 0 Å². The Kier molecular flexibility index (Phi) is 5.08. The molecule has 6 nitrogen and oxygen atoms in total. The second-order valence-corrected chi connectivity index (χ2v) is 5.75. The van der Waals surface area contributed by atoms with E-state index < -0.39 is 29.6 Å². The molecule has 2 heterocycles. The molecule has 3 aromatic rings. The smallest absolute Gasteiger partial charge is 0.245 e. The minimum absolute atomic E-state index is 0.0701. The summed E-state index contributed by atoms with van der Waals surface area (Å²) in [5.74, 6) is -1.64. The van der Waals surface area contributed by atoms with Gasteiger partial charge in [0.2, 0.25) is 11.9 Å². The van der Waals surface area contributed by atoms with Crippen LogP contribution in [0.15, 0.2) is 35.4 Å². The molecule has 0 bridgehead atoms. The molecule has 0 unspecified atom stereocenters. The highest BCUT2D eigenvalue weighted by Gasteiger charge is 2.33. The zero-order valence-corrected chi connectivity index (χ0v) is 14.6. The molecule has 0 saturated carbocycles. The van der Waals surface area contributed by atoms with E-state index in [0.29, 0.717) is 5.69 Å². The lowest BCUT2D eigenvalue weighted by molar-refractivity contribution is -0.141. The number of benzene rings is 1. The summed E-state index contributed by atoms with van der Waals surface area (Å²) < 4.78 is 67.4. The third kappa shape index (κ3) is 4.13. The van der Waals surface area contributed by atoms with Crippen LogP contribution in [0, 0.1) is 18.7 Å². The molecule has 0 fully saturated rings. The summed E-state index contributed by atoms with van der Waals surface area (Å²) in [4.78, 5) is 7.33. The minimum Gasteiger partial charge on any atom is -0.245 e. The predicted molar refractivity (Wildman–Crippen MR) is 91.5 cm³/mol. The fourth-order valence-corrected chi connectivity index (χ4v) is 2.36. The molecule has 0 atom stereocenters. The molecule has 11 heteroatoms. The number of hydrogen-bond acceptors (Lipinski definition) is 5. The topological polar surface area (TPSA) is 68.0 Å². The average Bonchev–Trinajstić information content (AvgIpc) is 2.87. The largest absolute Gasteiger partial charge is 0.433 e. The minimum atomic E-state index is -4.73. The standard InChI is InChI=1S/C17H13F5N6/c1-9-12(15(19)28(2)27-9)8-23-26-16-24-13(7-14(25-16)17(20,21)22)10-3-5-11(18)6-4-10/h3-8H,1-2H3,(H,24,25,26)/b23-8-. The Morgan fingerprint density at radius 1 is 1.11 bits per heavy atom. The van der Waals surface area contributed by atoms with Crippen LogP contribution in [0.3, 0.4) is 0 Å². The van der Waals surface area contributed by atoms with Crippen molar-refractivity contribution in [2.45, 2.75) is 13.1 Å². The average molecular weight is 396 g/mol. The van der Waals surface area contributed by atoms with E-state index in [0.717, 1.165) is 29.1 Å². The van der Waals surface area contributed by atoms with Crippen LogP contribution in [0.1, 0.15) is 17.0 Å². The zero-order chi connectivity index (χ0) is 20.5. The van der Waals surface area contributed by atoms with E-state index in [9.17, 15) is 22.0 Å². The number of rotatable bonds is 4. The van der Waals surface area contributed by atoms with Crippen molar-refractivity contribution < 1.29 is 22.0 Å². The summed E-state index contributed by atoms with van der Waals surface area (Å²) in [5.41, 5.74) is 1.65. The van der Waals surface area contributed by atoms with Crippen molar-refractivity contribution in [1.29, 1.82) is 0 Å². The molecule has 2 aromatic heterocycles. The Morgan fingerprint density at radius 2 is 1.79 bits per heavy atom. The fraction of sp³-hybridized carbons (Fsp3) is 0.176. The highest BCUT2D eigenvalue weighted by atomic mass is 19.4. The molecule has 0 radical (unpaired) electrons. The number of halogens is 5. The summed E-state index contributed by atoms with van der Waals surface area (Å²) in [7, 11) is 1.40. The van der Waals surface area contributed by atoms with Crippen LogP contribution in [0.5, 0.6) is 0 Å². The van der Waals surface area contributed by atoms with Gasteiger partial charge in [-0.25, -0.2) is 24.5 Å². The summed E-state index contributed by atoms with van der Waals surface area (Å²) in [6.45, 7) is 1.55. The van der Waals surface area contributed by atoms with Gasteiger partial charge in [-0.2, -0.15) is 27.8 Å². The van der Waals surface area contributed by atoms with Gasteiger partial charge in [0, 0.05) is 12.6 Å². The van der Waals surface area contributed by atoms with Crippen molar-refractivity contribution in [2.24, 2.45) is 12.1 Å². The van der Waals surface area contributed by atoms with Gasteiger partial charge in [-0.1, -0.05) is 0 Å². The Labute approximate surface area is 155 Å². The van der Waals surface area contributed by atoms with Crippen LogP contribution in [0.2, 0.25) is 0 Å². The molecule has 0 amide bonds. The molecular formula is C17H13F5N6. The van der Waals surface area contributed by atoms with Crippen molar-refractivity contribution in [3.8, 4) is 11.3 Å². The van der Waals surface area contributed by atoms with Crippen LogP contribution < -0.4 is 5.43 Å². The lowest BCUT2D eigenvalue weighted by Crippen LogP contribution is -2.11. The molecule has 1 aromatic carbocycles. The van der Waals surface area contributed by atoms with Crippen molar-refractivity contribution >= 4 is 12.2 Å². The maximum atomic E-state index is 13.9. The van der Waals surface area contributed by atoms with E-state index in [1.165, 1.54) is 19.2 Å². The molecule has 3 rings (SSSR count). The van der Waals surface area contributed by atoms with Crippen LogP contribution in [0.4, 0.5) is 27.9 Å². The fourth-order valence-electron chi connectivity index (χ4n) is 2.36. The van der Waals surface area contributed by atoms with Gasteiger partial charge in [-0.15, -0.1) is 0 Å². The molecule has 0 saturated heterocycles. The summed E-state index contributed by atoms with van der Waals surface area (Å²) in [6, 6.07) is 5.53. The highest BCUT2D eigenvalue weighted by Crippen LogP contribution is 2.31. The molecule has 0 aliphatic carbocycles. The highest BCUT2D eigenvalue weighted by molar-refractivity contribution is 5.81. The third-order valence-electron chi connectivity index (χ3n) is 3.71. The summed E-state index contributed by atoms with van der Waals surface area (Å²) in [6.07, 6.45) is -3.66. The molecule has 0 spiro atoms. The van der Waals surface area contributed by atoms with Crippen molar-refractivity contribution in [2.75, 3.05) is 5.43 Å². The van der Waals surface area contributed by atoms with Crippen LogP contribution in [-0.2, 0) is 13.2 Å². The van der Waals surface area contributed by atoms with Crippen LogP contribution in [-0.4, -0.2) is 26.0 Å². The number of aryl methyl sites for hydroxylation is 2. The van der Waals surface area contributed by atoms with Gasteiger partial charge >= 0.3 is 6.18 Å². The maximum absolute atomic E-state index is 13.9. The molecular weight excluding hydrogens is 383 g/mol. The van der Waals surface area contributed by atoms with E-state index >= 15 is 0 Å². The SMILES string of the molecule is Cc1nn(C)c(F)c1/C=N\Nc1nc(-c2ccc(F)cc2)cc(C(F)(F)F)n1. The van der Waals surface area contributed by atoms with Crippen molar-refractivity contribution in [3.05, 3.63) is 59.0 Å². The Bertz CT molecular complexity index is 1020. The summed E-state index contributed by atoms with van der Waals surface area (Å²) in [5, 5.41) is 7.55. The summed E-state index contributed by atoms with van der Waals surface area (Å²) >= 11 is 0. The maximum Gasteiger partial charge on any atom is 0.433 e. The first-order valence-electron chi connectivity index (χ1n) is 7.85. The zero-order valence-electron chi connectivity index (χ0n) is 14.6. The lowest BCUT2D eigenvalue weighted by atomic mass is 10.1. The lowest BCUT2D eigenvalue weighted by Gasteiger charge is -2.10. The van der Waals surface area contributed by atoms with Gasteiger partial charge in [0.15, 0.2) is 5.69 Å². The number of aromatic nitrogens is 4. The first-order valence-corrected chi connectivity index (χ1v) is 7.85. The van der Waals surface area contributed by atoms with Gasteiger partial charge in [0.05, 0.1) is 23.2 Å². The molecule has 146 valence electrons. The first kappa shape index (κ1) is 19.4. The van der Waals surface area contributed by atoms with Crippen LogP contribution in [0.25, 0.3) is 11.3 Å².